The number of carbonyl (C=O) groups is 1. The summed E-state index contributed by atoms with van der Waals surface area (Å²) in [6.45, 7) is 4.82. The average molecular weight is 333 g/mol. The predicted molar refractivity (Wildman–Crippen MR) is 84.5 cm³/mol. The third kappa shape index (κ3) is 3.20. The van der Waals surface area contributed by atoms with Crippen LogP contribution in [0.15, 0.2) is 59.7 Å². The summed E-state index contributed by atoms with van der Waals surface area (Å²) in [4.78, 5) is 14.4. The molecule has 0 bridgehead atoms. The molecule has 0 N–H and O–H groups in total. The van der Waals surface area contributed by atoms with E-state index in [4.69, 9.17) is 0 Å². The standard InChI is InChI=1S/C16H17BrN2O/c1-3-10-19(12-13-7-6-11-18(13)2)16(20)14-8-4-5-9-15(14)17/h3-9,11H,1,10,12H2,2H3. The molecule has 0 saturated heterocycles. The van der Waals surface area contributed by atoms with Crippen molar-refractivity contribution < 1.29 is 4.79 Å². The van der Waals surface area contributed by atoms with E-state index < -0.39 is 0 Å². The zero-order valence-corrected chi connectivity index (χ0v) is 13.0. The fraction of sp³-hybridized carbons (Fsp3) is 0.188. The first-order chi connectivity index (χ1) is 9.63. The lowest BCUT2D eigenvalue weighted by Crippen LogP contribution is -2.31. The molecule has 1 heterocycles. The van der Waals surface area contributed by atoms with Gasteiger partial charge in [-0.1, -0.05) is 18.2 Å². The molecule has 0 aliphatic heterocycles. The summed E-state index contributed by atoms with van der Waals surface area (Å²) in [6.07, 6.45) is 3.72. The van der Waals surface area contributed by atoms with E-state index >= 15 is 0 Å². The minimum atomic E-state index is -0.00132. The molecule has 0 spiro atoms. The Labute approximate surface area is 127 Å². The molecular formula is C16H17BrN2O. The van der Waals surface area contributed by atoms with Crippen LogP contribution in [0.25, 0.3) is 0 Å². The minimum Gasteiger partial charge on any atom is -0.353 e. The van der Waals surface area contributed by atoms with Crippen molar-refractivity contribution in [3.63, 3.8) is 0 Å². The summed E-state index contributed by atoms with van der Waals surface area (Å²) < 4.78 is 2.83. The molecule has 20 heavy (non-hydrogen) atoms. The highest BCUT2D eigenvalue weighted by molar-refractivity contribution is 9.10. The van der Waals surface area contributed by atoms with Crippen molar-refractivity contribution in [2.45, 2.75) is 6.54 Å². The highest BCUT2D eigenvalue weighted by Gasteiger charge is 2.17. The Bertz CT molecular complexity index is 618. The molecule has 1 aromatic carbocycles. The number of aromatic nitrogens is 1. The summed E-state index contributed by atoms with van der Waals surface area (Å²) in [5, 5.41) is 0. The van der Waals surface area contributed by atoms with Gasteiger partial charge in [-0.2, -0.15) is 0 Å². The first kappa shape index (κ1) is 14.6. The van der Waals surface area contributed by atoms with Gasteiger partial charge < -0.3 is 9.47 Å². The van der Waals surface area contributed by atoms with Crippen LogP contribution in [0.3, 0.4) is 0 Å². The zero-order chi connectivity index (χ0) is 14.5. The molecule has 0 aliphatic rings. The molecule has 2 rings (SSSR count). The molecular weight excluding hydrogens is 316 g/mol. The molecule has 0 atom stereocenters. The molecule has 3 nitrogen and oxygen atoms in total. The number of amides is 1. The number of halogens is 1. The maximum Gasteiger partial charge on any atom is 0.255 e. The van der Waals surface area contributed by atoms with Crippen LogP contribution in [0.5, 0.6) is 0 Å². The molecule has 0 saturated carbocycles. The predicted octanol–water partition coefficient (Wildman–Crippen LogP) is 3.62. The van der Waals surface area contributed by atoms with E-state index in [1.54, 1.807) is 11.0 Å². The maximum absolute atomic E-state index is 12.6. The number of hydrogen-bond donors (Lipinski definition) is 0. The highest BCUT2D eigenvalue weighted by atomic mass is 79.9. The third-order valence-electron chi connectivity index (χ3n) is 3.15. The van der Waals surface area contributed by atoms with Crippen LogP contribution >= 0.6 is 15.9 Å². The molecule has 1 aromatic heterocycles. The fourth-order valence-electron chi connectivity index (χ4n) is 2.04. The van der Waals surface area contributed by atoms with Crippen molar-refractivity contribution in [3.05, 3.63) is 71.0 Å². The quantitative estimate of drug-likeness (QED) is 0.768. The Balaban J connectivity index is 2.24. The second-order valence-corrected chi connectivity index (χ2v) is 5.42. The van der Waals surface area contributed by atoms with E-state index in [2.05, 4.69) is 22.5 Å². The summed E-state index contributed by atoms with van der Waals surface area (Å²) in [6, 6.07) is 11.5. The van der Waals surface area contributed by atoms with Crippen molar-refractivity contribution in [3.8, 4) is 0 Å². The second kappa shape index (κ2) is 6.57. The minimum absolute atomic E-state index is 0.00132. The number of hydrogen-bond acceptors (Lipinski definition) is 1. The fourth-order valence-corrected chi connectivity index (χ4v) is 2.49. The summed E-state index contributed by atoms with van der Waals surface area (Å²) >= 11 is 3.43. The number of aryl methyl sites for hydroxylation is 1. The molecule has 0 radical (unpaired) electrons. The van der Waals surface area contributed by atoms with Gasteiger partial charge in [0.15, 0.2) is 0 Å². The van der Waals surface area contributed by atoms with Crippen LogP contribution in [0.2, 0.25) is 0 Å². The number of carbonyl (C=O) groups excluding carboxylic acids is 1. The van der Waals surface area contributed by atoms with Gasteiger partial charge in [0.25, 0.3) is 5.91 Å². The van der Waals surface area contributed by atoms with Crippen LogP contribution in [0.4, 0.5) is 0 Å². The van der Waals surface area contributed by atoms with Crippen molar-refractivity contribution in [1.82, 2.24) is 9.47 Å². The molecule has 4 heteroatoms. The summed E-state index contributed by atoms with van der Waals surface area (Å²) in [5.41, 5.74) is 1.76. The van der Waals surface area contributed by atoms with E-state index in [9.17, 15) is 4.79 Å². The van der Waals surface area contributed by atoms with E-state index in [1.165, 1.54) is 0 Å². The normalized spacial score (nSPS) is 10.3. The first-order valence-electron chi connectivity index (χ1n) is 6.38. The van der Waals surface area contributed by atoms with E-state index in [0.717, 1.165) is 10.2 Å². The smallest absolute Gasteiger partial charge is 0.255 e. The lowest BCUT2D eigenvalue weighted by atomic mass is 10.2. The Morgan fingerprint density at radius 1 is 1.35 bits per heavy atom. The highest BCUT2D eigenvalue weighted by Crippen LogP contribution is 2.19. The third-order valence-corrected chi connectivity index (χ3v) is 3.84. The molecule has 104 valence electrons. The number of rotatable bonds is 5. The van der Waals surface area contributed by atoms with Gasteiger partial charge in [-0.15, -0.1) is 6.58 Å². The zero-order valence-electron chi connectivity index (χ0n) is 11.4. The van der Waals surface area contributed by atoms with Gasteiger partial charge in [0.2, 0.25) is 0 Å². The van der Waals surface area contributed by atoms with E-state index in [-0.39, 0.29) is 5.91 Å². The van der Waals surface area contributed by atoms with E-state index in [0.29, 0.717) is 18.7 Å². The SMILES string of the molecule is C=CCN(Cc1cccn1C)C(=O)c1ccccc1Br. The summed E-state index contributed by atoms with van der Waals surface area (Å²) in [7, 11) is 1.98. The molecule has 0 unspecified atom stereocenters. The second-order valence-electron chi connectivity index (χ2n) is 4.56. The van der Waals surface area contributed by atoms with E-state index in [1.807, 2.05) is 54.2 Å². The van der Waals surface area contributed by atoms with Gasteiger partial charge in [0.1, 0.15) is 0 Å². The molecule has 0 fully saturated rings. The van der Waals surface area contributed by atoms with Gasteiger partial charge in [-0.05, 0) is 40.2 Å². The van der Waals surface area contributed by atoms with Crippen LogP contribution < -0.4 is 0 Å². The van der Waals surface area contributed by atoms with Crippen molar-refractivity contribution in [2.24, 2.45) is 7.05 Å². The molecule has 2 aromatic rings. The van der Waals surface area contributed by atoms with Gasteiger partial charge in [0, 0.05) is 30.0 Å². The number of nitrogens with zero attached hydrogens (tertiary/aromatic N) is 2. The van der Waals surface area contributed by atoms with Crippen molar-refractivity contribution >= 4 is 21.8 Å². The van der Waals surface area contributed by atoms with Gasteiger partial charge in [0.05, 0.1) is 12.1 Å². The Morgan fingerprint density at radius 3 is 2.70 bits per heavy atom. The van der Waals surface area contributed by atoms with Crippen molar-refractivity contribution in [1.29, 1.82) is 0 Å². The lowest BCUT2D eigenvalue weighted by molar-refractivity contribution is 0.0759. The van der Waals surface area contributed by atoms with Gasteiger partial charge >= 0.3 is 0 Å². The molecule has 0 aliphatic carbocycles. The largest absolute Gasteiger partial charge is 0.353 e. The Kier molecular flexibility index (Phi) is 4.79. The topological polar surface area (TPSA) is 25.2 Å². The Morgan fingerprint density at radius 2 is 2.10 bits per heavy atom. The monoisotopic (exact) mass is 332 g/mol. The summed E-state index contributed by atoms with van der Waals surface area (Å²) in [5.74, 6) is -0.00132. The maximum atomic E-state index is 12.6. The first-order valence-corrected chi connectivity index (χ1v) is 7.17. The van der Waals surface area contributed by atoms with Gasteiger partial charge in [-0.25, -0.2) is 0 Å². The van der Waals surface area contributed by atoms with Crippen molar-refractivity contribution in [2.75, 3.05) is 6.54 Å². The van der Waals surface area contributed by atoms with Crippen LogP contribution in [-0.4, -0.2) is 21.9 Å². The van der Waals surface area contributed by atoms with Gasteiger partial charge in [-0.3, -0.25) is 4.79 Å². The van der Waals surface area contributed by atoms with Crippen LogP contribution in [-0.2, 0) is 13.6 Å². The molecule has 1 amide bonds. The van der Waals surface area contributed by atoms with Crippen LogP contribution in [0.1, 0.15) is 16.1 Å². The Hall–Kier alpha value is -1.81. The number of benzene rings is 1. The lowest BCUT2D eigenvalue weighted by Gasteiger charge is -2.22. The average Bonchev–Trinajstić information content (AvgIpc) is 2.84. The van der Waals surface area contributed by atoms with Crippen LogP contribution in [0, 0.1) is 0 Å².